The number of hydrogen-bond acceptors (Lipinski definition) is 2. The van der Waals surface area contributed by atoms with E-state index in [1.54, 1.807) is 0 Å². The molecule has 2 aromatic rings. The average Bonchev–Trinajstić information content (AvgIpc) is 2.43. The second-order valence-electron chi connectivity index (χ2n) is 2.61. The van der Waals surface area contributed by atoms with Gasteiger partial charge in [-0.3, -0.25) is 0 Å². The van der Waals surface area contributed by atoms with E-state index in [2.05, 4.69) is 9.97 Å². The van der Waals surface area contributed by atoms with E-state index in [1.165, 1.54) is 19.2 Å². The molecule has 0 amide bonds. The maximum Gasteiger partial charge on any atom is 0.323 e. The molecule has 1 aromatic carbocycles. The second-order valence-corrected chi connectivity index (χ2v) is 2.61. The van der Waals surface area contributed by atoms with Crippen molar-refractivity contribution in [3.05, 3.63) is 28.4 Å². The number of aromatic nitrogens is 2. The number of imidazole rings is 1. The highest BCUT2D eigenvalue weighted by Crippen LogP contribution is 2.22. The highest BCUT2D eigenvalue weighted by molar-refractivity contribution is 5.81. The van der Waals surface area contributed by atoms with Crippen LogP contribution >= 0.6 is 0 Å². The van der Waals surface area contributed by atoms with Crippen LogP contribution < -0.4 is 10.4 Å². The number of halogens is 1. The van der Waals surface area contributed by atoms with E-state index in [0.29, 0.717) is 16.8 Å². The fourth-order valence-corrected chi connectivity index (χ4v) is 1.24. The van der Waals surface area contributed by atoms with E-state index in [1.807, 2.05) is 0 Å². The standard InChI is InChI=1S/C8H7FN2O2/c1-13-6-3-4(9)2-5-7(6)11-8(12)10-5/h2-3H,1H3,(H2,10,11,12). The van der Waals surface area contributed by atoms with Crippen LogP contribution in [0.25, 0.3) is 11.0 Å². The molecular formula is C8H7FN2O2. The maximum absolute atomic E-state index is 12.9. The summed E-state index contributed by atoms with van der Waals surface area (Å²) in [7, 11) is 1.42. The van der Waals surface area contributed by atoms with Crippen LogP contribution in [0.3, 0.4) is 0 Å². The molecule has 1 aromatic heterocycles. The van der Waals surface area contributed by atoms with Crippen molar-refractivity contribution in [2.24, 2.45) is 0 Å². The molecule has 0 unspecified atom stereocenters. The molecule has 0 radical (unpaired) electrons. The Morgan fingerprint density at radius 1 is 1.38 bits per heavy atom. The number of nitrogens with one attached hydrogen (secondary N) is 2. The molecule has 0 aliphatic rings. The third-order valence-corrected chi connectivity index (χ3v) is 1.77. The first-order chi connectivity index (χ1) is 6.20. The number of benzene rings is 1. The van der Waals surface area contributed by atoms with E-state index < -0.39 is 5.82 Å². The SMILES string of the molecule is COc1cc(F)cc2[nH]c(=O)[nH]c12. The van der Waals surface area contributed by atoms with Gasteiger partial charge in [-0.1, -0.05) is 0 Å². The van der Waals surface area contributed by atoms with Crippen LogP contribution in [0.5, 0.6) is 5.75 Å². The molecule has 5 heteroatoms. The topological polar surface area (TPSA) is 57.9 Å². The predicted molar refractivity (Wildman–Crippen MR) is 45.4 cm³/mol. The van der Waals surface area contributed by atoms with Crippen LogP contribution in [0.4, 0.5) is 4.39 Å². The van der Waals surface area contributed by atoms with Crippen LogP contribution in [0, 0.1) is 5.82 Å². The third-order valence-electron chi connectivity index (χ3n) is 1.77. The number of ether oxygens (including phenoxy) is 1. The summed E-state index contributed by atoms with van der Waals surface area (Å²) in [4.78, 5) is 15.8. The van der Waals surface area contributed by atoms with Gasteiger partial charge in [0.1, 0.15) is 17.1 Å². The lowest BCUT2D eigenvalue weighted by molar-refractivity contribution is 0.415. The van der Waals surface area contributed by atoms with Crippen molar-refractivity contribution < 1.29 is 9.13 Å². The summed E-state index contributed by atoms with van der Waals surface area (Å²) >= 11 is 0. The van der Waals surface area contributed by atoms with E-state index in [0.717, 1.165) is 0 Å². The summed E-state index contributed by atoms with van der Waals surface area (Å²) in [6.45, 7) is 0. The zero-order chi connectivity index (χ0) is 9.42. The van der Waals surface area contributed by atoms with Gasteiger partial charge in [0, 0.05) is 6.07 Å². The van der Waals surface area contributed by atoms with Crippen molar-refractivity contribution in [3.63, 3.8) is 0 Å². The highest BCUT2D eigenvalue weighted by atomic mass is 19.1. The molecule has 0 spiro atoms. The molecule has 68 valence electrons. The maximum atomic E-state index is 12.9. The summed E-state index contributed by atoms with van der Waals surface area (Å²) < 4.78 is 17.8. The number of hydrogen-bond donors (Lipinski definition) is 2. The van der Waals surface area contributed by atoms with Crippen molar-refractivity contribution in [3.8, 4) is 5.75 Å². The van der Waals surface area contributed by atoms with Crippen molar-refractivity contribution >= 4 is 11.0 Å². The molecule has 0 aliphatic carbocycles. The Balaban J connectivity index is 2.88. The first-order valence-corrected chi connectivity index (χ1v) is 3.66. The summed E-state index contributed by atoms with van der Waals surface area (Å²) in [5, 5.41) is 0. The molecule has 2 N–H and O–H groups in total. The van der Waals surface area contributed by atoms with Gasteiger partial charge < -0.3 is 14.7 Å². The fraction of sp³-hybridized carbons (Fsp3) is 0.125. The molecule has 0 fully saturated rings. The minimum Gasteiger partial charge on any atom is -0.494 e. The summed E-state index contributed by atoms with van der Waals surface area (Å²) in [6.07, 6.45) is 0. The predicted octanol–water partition coefficient (Wildman–Crippen LogP) is 1.00. The quantitative estimate of drug-likeness (QED) is 0.691. The second kappa shape index (κ2) is 2.62. The molecule has 4 nitrogen and oxygen atoms in total. The van der Waals surface area contributed by atoms with Crippen LogP contribution in [0.15, 0.2) is 16.9 Å². The van der Waals surface area contributed by atoms with E-state index >= 15 is 0 Å². The van der Waals surface area contributed by atoms with Gasteiger partial charge in [-0.05, 0) is 6.07 Å². The average molecular weight is 182 g/mol. The van der Waals surface area contributed by atoms with Crippen LogP contribution in [-0.2, 0) is 0 Å². The first kappa shape index (κ1) is 7.85. The Labute approximate surface area is 72.3 Å². The number of H-pyrrole nitrogens is 2. The van der Waals surface area contributed by atoms with Crippen LogP contribution in [-0.4, -0.2) is 17.1 Å². The van der Waals surface area contributed by atoms with Gasteiger partial charge in [-0.25, -0.2) is 9.18 Å². The smallest absolute Gasteiger partial charge is 0.323 e. The van der Waals surface area contributed by atoms with Gasteiger partial charge >= 0.3 is 5.69 Å². The molecule has 2 rings (SSSR count). The summed E-state index contributed by atoms with van der Waals surface area (Å²) in [5.41, 5.74) is 0.509. The highest BCUT2D eigenvalue weighted by Gasteiger charge is 2.06. The number of fused-ring (bicyclic) bond motifs is 1. The minimum atomic E-state index is -0.445. The lowest BCUT2D eigenvalue weighted by Crippen LogP contribution is -1.99. The van der Waals surface area contributed by atoms with Crippen molar-refractivity contribution in [1.82, 2.24) is 9.97 Å². The van der Waals surface area contributed by atoms with Gasteiger partial charge in [-0.15, -0.1) is 0 Å². The lowest BCUT2D eigenvalue weighted by atomic mass is 10.3. The number of methoxy groups -OCH3 is 1. The minimum absolute atomic E-state index is 0.313. The zero-order valence-corrected chi connectivity index (χ0v) is 6.85. The van der Waals surface area contributed by atoms with Crippen molar-refractivity contribution in [1.29, 1.82) is 0 Å². The number of rotatable bonds is 1. The van der Waals surface area contributed by atoms with E-state index in [4.69, 9.17) is 4.74 Å². The van der Waals surface area contributed by atoms with Gasteiger partial charge in [0.05, 0.1) is 12.6 Å². The molecule has 1 heterocycles. The first-order valence-electron chi connectivity index (χ1n) is 3.66. The fourth-order valence-electron chi connectivity index (χ4n) is 1.24. The Morgan fingerprint density at radius 3 is 2.85 bits per heavy atom. The largest absolute Gasteiger partial charge is 0.494 e. The zero-order valence-electron chi connectivity index (χ0n) is 6.85. The van der Waals surface area contributed by atoms with E-state index in [-0.39, 0.29) is 5.69 Å². The Bertz CT molecular complexity index is 500. The molecule has 0 saturated carbocycles. The third kappa shape index (κ3) is 1.18. The molecule has 0 bridgehead atoms. The van der Waals surface area contributed by atoms with E-state index in [9.17, 15) is 9.18 Å². The molecule has 0 saturated heterocycles. The van der Waals surface area contributed by atoms with Gasteiger partial charge in [0.2, 0.25) is 0 Å². The normalized spacial score (nSPS) is 10.6. The van der Waals surface area contributed by atoms with Crippen molar-refractivity contribution in [2.45, 2.75) is 0 Å². The van der Waals surface area contributed by atoms with Gasteiger partial charge in [0.25, 0.3) is 0 Å². The van der Waals surface area contributed by atoms with Crippen LogP contribution in [0.2, 0.25) is 0 Å². The Morgan fingerprint density at radius 2 is 2.15 bits per heavy atom. The van der Waals surface area contributed by atoms with Gasteiger partial charge in [-0.2, -0.15) is 0 Å². The van der Waals surface area contributed by atoms with Gasteiger partial charge in [0.15, 0.2) is 0 Å². The molecule has 0 aliphatic heterocycles. The Hall–Kier alpha value is -1.78. The monoisotopic (exact) mass is 182 g/mol. The molecular weight excluding hydrogens is 175 g/mol. The lowest BCUT2D eigenvalue weighted by Gasteiger charge is -1.99. The van der Waals surface area contributed by atoms with Crippen molar-refractivity contribution in [2.75, 3.05) is 7.11 Å². The summed E-state index contributed by atoms with van der Waals surface area (Å²) in [5.74, 6) is -0.132. The number of aromatic amines is 2. The molecule has 0 atom stereocenters. The Kier molecular flexibility index (Phi) is 1.58. The molecule has 13 heavy (non-hydrogen) atoms. The van der Waals surface area contributed by atoms with Crippen LogP contribution in [0.1, 0.15) is 0 Å². The summed E-state index contributed by atoms with van der Waals surface area (Å²) in [6, 6.07) is 2.45.